The van der Waals surface area contributed by atoms with Crippen LogP contribution in [0.15, 0.2) is 41.2 Å². The number of aromatic nitrogens is 2. The molecule has 4 rings (SSSR count). The fourth-order valence-electron chi connectivity index (χ4n) is 4.27. The van der Waals surface area contributed by atoms with Gasteiger partial charge in [0.2, 0.25) is 0 Å². The largest absolute Gasteiger partial charge is 0.388 e. The minimum atomic E-state index is -0.792. The van der Waals surface area contributed by atoms with Gasteiger partial charge in [-0.15, -0.1) is 0 Å². The zero-order chi connectivity index (χ0) is 19.6. The van der Waals surface area contributed by atoms with E-state index in [0.717, 1.165) is 25.9 Å². The van der Waals surface area contributed by atoms with Crippen molar-refractivity contribution in [2.45, 2.75) is 37.8 Å². The molecule has 1 aromatic carbocycles. The molecule has 1 aromatic heterocycles. The Labute approximate surface area is 164 Å². The number of rotatable bonds is 3. The Balaban J connectivity index is 1.38. The van der Waals surface area contributed by atoms with Gasteiger partial charge in [0.1, 0.15) is 5.69 Å². The Bertz CT molecular complexity index is 892. The van der Waals surface area contributed by atoms with Gasteiger partial charge < -0.3 is 10.0 Å². The van der Waals surface area contributed by atoms with E-state index in [0.29, 0.717) is 32.5 Å². The van der Waals surface area contributed by atoms with E-state index in [9.17, 15) is 14.7 Å². The number of nitrogens with zero attached hydrogens (tertiary/aromatic N) is 3. The molecule has 7 heteroatoms. The number of amides is 1. The second-order valence-electron chi connectivity index (χ2n) is 7.91. The van der Waals surface area contributed by atoms with Crippen LogP contribution in [0.3, 0.4) is 0 Å². The molecular weight excluding hydrogens is 356 g/mol. The number of H-pyrrole nitrogens is 1. The van der Waals surface area contributed by atoms with E-state index in [1.54, 1.807) is 4.90 Å². The van der Waals surface area contributed by atoms with Crippen LogP contribution >= 0.6 is 0 Å². The standard InChI is InChI=1S/C21H26N4O3/c26-19-7-6-18(22-23-19)20(27)25-11-3-9-21(28,10-13-25)15-24-12-8-16-4-1-2-5-17(16)14-24/h1-2,4-7,28H,3,8-15H2,(H,23,26)/t21-/m0/s1. The minimum absolute atomic E-state index is 0.201. The lowest BCUT2D eigenvalue weighted by Crippen LogP contribution is -2.45. The predicted molar refractivity (Wildman–Crippen MR) is 105 cm³/mol. The number of hydrogen-bond acceptors (Lipinski definition) is 5. The first kappa shape index (κ1) is 18.8. The zero-order valence-electron chi connectivity index (χ0n) is 15.9. The van der Waals surface area contributed by atoms with E-state index in [2.05, 4.69) is 39.4 Å². The van der Waals surface area contributed by atoms with E-state index >= 15 is 0 Å². The first-order valence-electron chi connectivity index (χ1n) is 9.89. The van der Waals surface area contributed by atoms with Crippen molar-refractivity contribution in [3.8, 4) is 0 Å². The molecule has 0 saturated carbocycles. The lowest BCUT2D eigenvalue weighted by Gasteiger charge is -2.36. The van der Waals surface area contributed by atoms with Crippen LogP contribution < -0.4 is 5.56 Å². The van der Waals surface area contributed by atoms with Crippen molar-refractivity contribution in [3.63, 3.8) is 0 Å². The predicted octanol–water partition coefficient (Wildman–Crippen LogP) is 1.19. The highest BCUT2D eigenvalue weighted by Gasteiger charge is 2.34. The van der Waals surface area contributed by atoms with Gasteiger partial charge in [-0.1, -0.05) is 24.3 Å². The van der Waals surface area contributed by atoms with Crippen molar-refractivity contribution in [2.75, 3.05) is 26.2 Å². The molecule has 148 valence electrons. The number of carbonyl (C=O) groups is 1. The number of aromatic amines is 1. The number of aliphatic hydroxyl groups is 1. The Kier molecular flexibility index (Phi) is 5.28. The van der Waals surface area contributed by atoms with Gasteiger partial charge in [-0.3, -0.25) is 14.5 Å². The molecule has 28 heavy (non-hydrogen) atoms. The smallest absolute Gasteiger partial charge is 0.274 e. The van der Waals surface area contributed by atoms with Crippen molar-refractivity contribution in [3.05, 3.63) is 63.6 Å². The quantitative estimate of drug-likeness (QED) is 0.832. The van der Waals surface area contributed by atoms with Crippen LogP contribution in [0.1, 0.15) is 40.9 Å². The summed E-state index contributed by atoms with van der Waals surface area (Å²) < 4.78 is 0. The Morgan fingerprint density at radius 1 is 1.11 bits per heavy atom. The van der Waals surface area contributed by atoms with Gasteiger partial charge in [-0.05, 0) is 42.9 Å². The minimum Gasteiger partial charge on any atom is -0.388 e. The number of benzene rings is 1. The summed E-state index contributed by atoms with van der Waals surface area (Å²) in [5.74, 6) is -0.201. The molecule has 1 amide bonds. The average molecular weight is 382 g/mol. The summed E-state index contributed by atoms with van der Waals surface area (Å²) in [6.07, 6.45) is 2.97. The Morgan fingerprint density at radius 3 is 2.71 bits per heavy atom. The number of nitrogens with one attached hydrogen (secondary N) is 1. The SMILES string of the molecule is O=C(c1ccc(=O)[nH]n1)N1CCC[C@@](O)(CN2CCc3ccccc3C2)CC1. The maximum atomic E-state index is 12.7. The second kappa shape index (κ2) is 7.85. The molecule has 2 aliphatic rings. The van der Waals surface area contributed by atoms with Gasteiger partial charge in [-0.2, -0.15) is 5.10 Å². The van der Waals surface area contributed by atoms with Gasteiger partial charge in [0.05, 0.1) is 5.60 Å². The normalized spacial score (nSPS) is 23.1. The summed E-state index contributed by atoms with van der Waals surface area (Å²) in [4.78, 5) is 27.8. The fraction of sp³-hybridized carbons (Fsp3) is 0.476. The summed E-state index contributed by atoms with van der Waals surface area (Å²) in [7, 11) is 0. The molecule has 0 spiro atoms. The van der Waals surface area contributed by atoms with Crippen LogP contribution in [0, 0.1) is 0 Å². The number of hydrogen-bond donors (Lipinski definition) is 2. The van der Waals surface area contributed by atoms with E-state index in [-0.39, 0.29) is 17.2 Å². The lowest BCUT2D eigenvalue weighted by molar-refractivity contribution is -0.0118. The summed E-state index contributed by atoms with van der Waals surface area (Å²) in [6.45, 7) is 3.51. The number of carbonyl (C=O) groups excluding carboxylic acids is 1. The molecule has 2 aromatic rings. The van der Waals surface area contributed by atoms with Gasteiger partial charge in [0.25, 0.3) is 11.5 Å². The third-order valence-electron chi connectivity index (χ3n) is 5.83. The summed E-state index contributed by atoms with van der Waals surface area (Å²) >= 11 is 0. The number of β-amino-alcohol motifs (C(OH)–C–C–N with tert-alkyl or cyclic N) is 1. The summed E-state index contributed by atoms with van der Waals surface area (Å²) in [5, 5.41) is 17.4. The molecule has 7 nitrogen and oxygen atoms in total. The van der Waals surface area contributed by atoms with Crippen LogP contribution in [0.4, 0.5) is 0 Å². The third-order valence-corrected chi connectivity index (χ3v) is 5.83. The molecule has 1 atom stereocenters. The van der Waals surface area contributed by atoms with Gasteiger partial charge in [-0.25, -0.2) is 5.10 Å². The van der Waals surface area contributed by atoms with Crippen LogP contribution in [0.5, 0.6) is 0 Å². The highest BCUT2D eigenvalue weighted by Crippen LogP contribution is 2.27. The Hall–Kier alpha value is -2.51. The zero-order valence-corrected chi connectivity index (χ0v) is 15.9. The maximum absolute atomic E-state index is 12.7. The Morgan fingerprint density at radius 2 is 1.93 bits per heavy atom. The molecule has 0 bridgehead atoms. The molecule has 3 heterocycles. The highest BCUT2D eigenvalue weighted by molar-refractivity contribution is 5.92. The maximum Gasteiger partial charge on any atom is 0.274 e. The monoisotopic (exact) mass is 382 g/mol. The van der Waals surface area contributed by atoms with Gasteiger partial charge >= 0.3 is 0 Å². The molecular formula is C21H26N4O3. The molecule has 1 saturated heterocycles. The van der Waals surface area contributed by atoms with E-state index < -0.39 is 5.60 Å². The number of likely N-dealkylation sites (tertiary alicyclic amines) is 1. The van der Waals surface area contributed by atoms with Gasteiger partial charge in [0, 0.05) is 38.8 Å². The van der Waals surface area contributed by atoms with E-state index in [4.69, 9.17) is 0 Å². The molecule has 0 aliphatic carbocycles. The van der Waals surface area contributed by atoms with Crippen molar-refractivity contribution in [1.29, 1.82) is 0 Å². The fourth-order valence-corrected chi connectivity index (χ4v) is 4.27. The van der Waals surface area contributed by atoms with Crippen molar-refractivity contribution >= 4 is 5.91 Å². The van der Waals surface area contributed by atoms with Crippen molar-refractivity contribution in [2.24, 2.45) is 0 Å². The molecule has 0 radical (unpaired) electrons. The lowest BCUT2D eigenvalue weighted by atomic mass is 9.92. The number of fused-ring (bicyclic) bond motifs is 1. The molecule has 2 N–H and O–H groups in total. The second-order valence-corrected chi connectivity index (χ2v) is 7.91. The average Bonchev–Trinajstić information content (AvgIpc) is 2.89. The first-order chi connectivity index (χ1) is 13.5. The van der Waals surface area contributed by atoms with E-state index in [1.165, 1.54) is 23.3 Å². The van der Waals surface area contributed by atoms with Crippen molar-refractivity contribution < 1.29 is 9.90 Å². The van der Waals surface area contributed by atoms with Crippen LogP contribution in [-0.4, -0.2) is 62.8 Å². The third kappa shape index (κ3) is 4.15. The topological polar surface area (TPSA) is 89.5 Å². The summed E-state index contributed by atoms with van der Waals surface area (Å²) in [6, 6.07) is 11.2. The molecule has 1 fully saturated rings. The molecule has 2 aliphatic heterocycles. The van der Waals surface area contributed by atoms with Crippen molar-refractivity contribution in [1.82, 2.24) is 20.0 Å². The molecule has 0 unspecified atom stereocenters. The van der Waals surface area contributed by atoms with E-state index in [1.807, 2.05) is 0 Å². The first-order valence-corrected chi connectivity index (χ1v) is 9.89. The highest BCUT2D eigenvalue weighted by atomic mass is 16.3. The van der Waals surface area contributed by atoms with Gasteiger partial charge in [0.15, 0.2) is 0 Å². The summed E-state index contributed by atoms with van der Waals surface area (Å²) in [5.41, 5.74) is 1.85. The van der Waals surface area contributed by atoms with Crippen LogP contribution in [0.2, 0.25) is 0 Å². The van der Waals surface area contributed by atoms with Crippen LogP contribution in [-0.2, 0) is 13.0 Å². The van der Waals surface area contributed by atoms with Crippen LogP contribution in [0.25, 0.3) is 0 Å².